The molecule has 1 aromatic heterocycles. The number of nitrogens with zero attached hydrogens (tertiary/aromatic N) is 2. The third-order valence-electron chi connectivity index (χ3n) is 5.03. The maximum atomic E-state index is 12.6. The highest BCUT2D eigenvalue weighted by atomic mass is 16.2. The first-order valence-electron chi connectivity index (χ1n) is 6.93. The molecule has 2 aromatic rings. The highest BCUT2D eigenvalue weighted by Crippen LogP contribution is 2.60. The van der Waals surface area contributed by atoms with E-state index in [2.05, 4.69) is 11.1 Å². The first-order chi connectivity index (χ1) is 9.63. The fraction of sp³-hybridized carbons (Fsp3) is 0.375. The third-order valence-corrected chi connectivity index (χ3v) is 5.03. The van der Waals surface area contributed by atoms with E-state index in [0.29, 0.717) is 11.3 Å². The fourth-order valence-electron chi connectivity index (χ4n) is 3.60. The summed E-state index contributed by atoms with van der Waals surface area (Å²) in [5.41, 5.74) is 2.03. The number of nitriles is 1. The molecule has 0 spiro atoms. The van der Waals surface area contributed by atoms with Crippen LogP contribution in [0.15, 0.2) is 24.3 Å². The molecule has 0 unspecified atom stereocenters. The van der Waals surface area contributed by atoms with Gasteiger partial charge in [-0.3, -0.25) is 4.79 Å². The lowest BCUT2D eigenvalue weighted by atomic mass is 9.49. The molecule has 0 atom stereocenters. The Bertz CT molecular complexity index is 751. The van der Waals surface area contributed by atoms with Crippen molar-refractivity contribution < 1.29 is 4.79 Å². The fourth-order valence-corrected chi connectivity index (χ4v) is 3.60. The number of aromatic nitrogens is 1. The van der Waals surface area contributed by atoms with Gasteiger partial charge in [-0.1, -0.05) is 12.1 Å². The molecule has 1 heterocycles. The molecule has 2 bridgehead atoms. The Morgan fingerprint density at radius 1 is 1.45 bits per heavy atom. The van der Waals surface area contributed by atoms with Crippen LogP contribution in [0, 0.1) is 17.2 Å². The Kier molecular flexibility index (Phi) is 2.10. The van der Waals surface area contributed by atoms with E-state index in [1.807, 2.05) is 30.1 Å². The number of hydrogen-bond acceptors (Lipinski definition) is 2. The van der Waals surface area contributed by atoms with Crippen LogP contribution in [0.4, 0.5) is 0 Å². The van der Waals surface area contributed by atoms with Crippen molar-refractivity contribution in [2.45, 2.75) is 24.8 Å². The van der Waals surface area contributed by atoms with Crippen molar-refractivity contribution in [1.82, 2.24) is 9.88 Å². The van der Waals surface area contributed by atoms with E-state index in [1.165, 1.54) is 0 Å². The lowest BCUT2D eigenvalue weighted by Gasteiger charge is -2.65. The molecule has 1 aromatic carbocycles. The summed E-state index contributed by atoms with van der Waals surface area (Å²) in [6, 6.07) is 9.53. The molecule has 1 amide bonds. The van der Waals surface area contributed by atoms with Gasteiger partial charge in [0.15, 0.2) is 0 Å². The molecule has 0 aliphatic heterocycles. The second-order valence-electron chi connectivity index (χ2n) is 6.13. The van der Waals surface area contributed by atoms with Gasteiger partial charge in [0.25, 0.3) is 5.91 Å². The van der Waals surface area contributed by atoms with Gasteiger partial charge in [0, 0.05) is 18.0 Å². The summed E-state index contributed by atoms with van der Waals surface area (Å²) in [6.07, 6.45) is 3.46. The maximum absolute atomic E-state index is 12.6. The van der Waals surface area contributed by atoms with Crippen LogP contribution >= 0.6 is 0 Å². The van der Waals surface area contributed by atoms with Crippen molar-refractivity contribution in [1.29, 1.82) is 5.26 Å². The number of benzene rings is 1. The minimum Gasteiger partial charge on any atom is -0.349 e. The van der Waals surface area contributed by atoms with E-state index >= 15 is 0 Å². The second kappa shape index (κ2) is 3.63. The molecule has 1 N–H and O–H groups in total. The predicted molar refractivity (Wildman–Crippen MR) is 75.2 cm³/mol. The van der Waals surface area contributed by atoms with Crippen molar-refractivity contribution in [2.75, 3.05) is 7.05 Å². The zero-order chi connectivity index (χ0) is 13.9. The summed E-state index contributed by atoms with van der Waals surface area (Å²) in [5.74, 6) is 0.876. The van der Waals surface area contributed by atoms with Gasteiger partial charge in [-0.2, -0.15) is 5.26 Å². The number of hydrogen-bond donors (Lipinski definition) is 1. The smallest absolute Gasteiger partial charge is 0.270 e. The molecule has 20 heavy (non-hydrogen) atoms. The molecular weight excluding hydrogens is 250 g/mol. The zero-order valence-corrected chi connectivity index (χ0v) is 11.3. The molecule has 0 saturated heterocycles. The normalized spacial score (nSPS) is 26.5. The number of carbonyl (C=O) groups is 1. The number of aromatic amines is 1. The van der Waals surface area contributed by atoms with Crippen LogP contribution in [0.5, 0.6) is 0 Å². The molecule has 4 heteroatoms. The van der Waals surface area contributed by atoms with Crippen molar-refractivity contribution >= 4 is 16.8 Å². The van der Waals surface area contributed by atoms with Crippen molar-refractivity contribution in [3.8, 4) is 6.07 Å². The van der Waals surface area contributed by atoms with Gasteiger partial charge in [-0.05, 0) is 37.3 Å². The molecular formula is C16H15N3O. The van der Waals surface area contributed by atoms with Crippen LogP contribution in [-0.2, 0) is 0 Å². The molecule has 4 nitrogen and oxygen atoms in total. The van der Waals surface area contributed by atoms with Crippen LogP contribution in [0.2, 0.25) is 0 Å². The number of fused-ring (bicyclic) bond motifs is 1. The van der Waals surface area contributed by atoms with Gasteiger partial charge in [0.05, 0.1) is 11.1 Å². The Morgan fingerprint density at radius 3 is 2.80 bits per heavy atom. The molecule has 0 radical (unpaired) electrons. The minimum absolute atomic E-state index is 0.0308. The Hall–Kier alpha value is -2.28. The van der Waals surface area contributed by atoms with E-state index in [4.69, 9.17) is 5.26 Å². The average Bonchev–Trinajstić information content (AvgIpc) is 2.77. The van der Waals surface area contributed by atoms with Crippen molar-refractivity contribution in [3.05, 3.63) is 35.5 Å². The van der Waals surface area contributed by atoms with Gasteiger partial charge in [0.1, 0.15) is 11.8 Å². The first kappa shape index (κ1) is 11.5. The topological polar surface area (TPSA) is 59.9 Å². The third kappa shape index (κ3) is 1.32. The first-order valence-corrected chi connectivity index (χ1v) is 6.93. The molecule has 100 valence electrons. The van der Waals surface area contributed by atoms with Gasteiger partial charge in [-0.15, -0.1) is 0 Å². The lowest BCUT2D eigenvalue weighted by Crippen LogP contribution is -2.68. The van der Waals surface area contributed by atoms with E-state index in [0.717, 1.165) is 36.1 Å². The average molecular weight is 265 g/mol. The van der Waals surface area contributed by atoms with E-state index in [1.54, 1.807) is 6.07 Å². The maximum Gasteiger partial charge on any atom is 0.270 e. The quantitative estimate of drug-likeness (QED) is 0.907. The Balaban J connectivity index is 1.71. The van der Waals surface area contributed by atoms with Crippen molar-refractivity contribution in [2.24, 2.45) is 5.92 Å². The van der Waals surface area contributed by atoms with Crippen LogP contribution in [-0.4, -0.2) is 28.4 Å². The summed E-state index contributed by atoms with van der Waals surface area (Å²) in [5, 5.41) is 10.0. The number of para-hydroxylation sites is 1. The van der Waals surface area contributed by atoms with Gasteiger partial charge < -0.3 is 9.88 Å². The Morgan fingerprint density at radius 2 is 2.20 bits per heavy atom. The zero-order valence-electron chi connectivity index (χ0n) is 11.3. The standard InChI is InChI=1S/C16H15N3O/c1-19(16-6-10(7-16)8-16)15(20)13-5-11-3-2-4-12(9-17)14(11)18-13/h2-5,10,18H,6-8H2,1H3. The number of H-pyrrole nitrogens is 1. The number of amides is 1. The Labute approximate surface area is 117 Å². The largest absolute Gasteiger partial charge is 0.349 e. The lowest BCUT2D eigenvalue weighted by molar-refractivity contribution is -0.114. The molecule has 3 fully saturated rings. The second-order valence-corrected chi connectivity index (χ2v) is 6.13. The number of rotatable bonds is 2. The van der Waals surface area contributed by atoms with Crippen LogP contribution in [0.1, 0.15) is 35.3 Å². The summed E-state index contributed by atoms with van der Waals surface area (Å²) < 4.78 is 0. The molecule has 3 aliphatic carbocycles. The summed E-state index contributed by atoms with van der Waals surface area (Å²) in [6.45, 7) is 0. The number of carbonyl (C=O) groups excluding carboxylic acids is 1. The molecule has 3 saturated carbocycles. The van der Waals surface area contributed by atoms with Crippen LogP contribution in [0.25, 0.3) is 10.9 Å². The summed E-state index contributed by atoms with van der Waals surface area (Å²) in [7, 11) is 1.90. The molecule has 3 aliphatic rings. The number of nitrogens with one attached hydrogen (secondary N) is 1. The van der Waals surface area contributed by atoms with Gasteiger partial charge in [-0.25, -0.2) is 0 Å². The van der Waals surface area contributed by atoms with E-state index in [9.17, 15) is 4.79 Å². The predicted octanol–water partition coefficient (Wildman–Crippen LogP) is 2.66. The van der Waals surface area contributed by atoms with Gasteiger partial charge in [0.2, 0.25) is 0 Å². The van der Waals surface area contributed by atoms with Crippen molar-refractivity contribution in [3.63, 3.8) is 0 Å². The van der Waals surface area contributed by atoms with E-state index < -0.39 is 0 Å². The minimum atomic E-state index is 0.0308. The monoisotopic (exact) mass is 265 g/mol. The summed E-state index contributed by atoms with van der Waals surface area (Å²) >= 11 is 0. The van der Waals surface area contributed by atoms with E-state index in [-0.39, 0.29) is 11.4 Å². The highest BCUT2D eigenvalue weighted by Gasteiger charge is 2.60. The van der Waals surface area contributed by atoms with Crippen LogP contribution < -0.4 is 0 Å². The molecule has 5 rings (SSSR count). The SMILES string of the molecule is CN(C(=O)c1cc2cccc(C#N)c2[nH]1)C12CC(C1)C2. The summed E-state index contributed by atoms with van der Waals surface area (Å²) in [4.78, 5) is 17.6. The van der Waals surface area contributed by atoms with Gasteiger partial charge >= 0.3 is 0 Å². The highest BCUT2D eigenvalue weighted by molar-refractivity contribution is 5.99. The van der Waals surface area contributed by atoms with Crippen LogP contribution in [0.3, 0.4) is 0 Å².